The topological polar surface area (TPSA) is 58.3 Å². The third kappa shape index (κ3) is 3.47. The van der Waals surface area contributed by atoms with Crippen LogP contribution >= 0.6 is 22.7 Å². The van der Waals surface area contributed by atoms with Gasteiger partial charge < -0.3 is 14.8 Å². The second-order valence-corrected chi connectivity index (χ2v) is 7.33. The Morgan fingerprint density at radius 3 is 2.91 bits per heavy atom. The summed E-state index contributed by atoms with van der Waals surface area (Å²) in [5.41, 5.74) is 0.0899. The van der Waals surface area contributed by atoms with E-state index in [1.54, 1.807) is 22.7 Å². The van der Waals surface area contributed by atoms with Crippen molar-refractivity contribution in [1.82, 2.24) is 10.3 Å². The van der Waals surface area contributed by atoms with Crippen molar-refractivity contribution in [3.63, 3.8) is 0 Å². The fourth-order valence-electron chi connectivity index (χ4n) is 2.15. The maximum Gasteiger partial charge on any atom is 0.162 e. The van der Waals surface area contributed by atoms with E-state index in [1.165, 1.54) is 0 Å². The standard InChI is InChI=1S/C16H18N2O2S2/c1-11-3-4-14(20-11)15-18-8-13(22-15)7-17-10-16(2,19)12-5-6-21-9-12/h3-6,8-9,17,19H,7,10H2,1-2H3. The highest BCUT2D eigenvalue weighted by Crippen LogP contribution is 2.27. The molecule has 0 aliphatic rings. The Kier molecular flexibility index (Phi) is 4.44. The van der Waals surface area contributed by atoms with E-state index in [2.05, 4.69) is 10.3 Å². The van der Waals surface area contributed by atoms with Crippen LogP contribution in [0.4, 0.5) is 0 Å². The van der Waals surface area contributed by atoms with Crippen LogP contribution in [0.2, 0.25) is 0 Å². The molecule has 116 valence electrons. The van der Waals surface area contributed by atoms with E-state index in [0.29, 0.717) is 13.1 Å². The van der Waals surface area contributed by atoms with Crippen LogP contribution in [0, 0.1) is 6.92 Å². The molecule has 3 aromatic rings. The average Bonchev–Trinajstić information content (AvgIpc) is 3.19. The highest BCUT2D eigenvalue weighted by atomic mass is 32.1. The first-order valence-electron chi connectivity index (χ1n) is 7.02. The first-order valence-corrected chi connectivity index (χ1v) is 8.78. The summed E-state index contributed by atoms with van der Waals surface area (Å²) in [6.45, 7) is 4.92. The van der Waals surface area contributed by atoms with Crippen LogP contribution in [0.5, 0.6) is 0 Å². The molecule has 0 spiro atoms. The Morgan fingerprint density at radius 1 is 1.36 bits per heavy atom. The van der Waals surface area contributed by atoms with Crippen molar-refractivity contribution < 1.29 is 9.52 Å². The van der Waals surface area contributed by atoms with E-state index in [4.69, 9.17) is 4.42 Å². The van der Waals surface area contributed by atoms with Gasteiger partial charge in [-0.25, -0.2) is 4.98 Å². The average molecular weight is 334 g/mol. The summed E-state index contributed by atoms with van der Waals surface area (Å²) in [5.74, 6) is 1.69. The molecule has 0 saturated carbocycles. The Morgan fingerprint density at radius 2 is 2.23 bits per heavy atom. The lowest BCUT2D eigenvalue weighted by Crippen LogP contribution is -2.34. The summed E-state index contributed by atoms with van der Waals surface area (Å²) in [4.78, 5) is 5.50. The number of aromatic nitrogens is 1. The van der Waals surface area contributed by atoms with Gasteiger partial charge in [-0.1, -0.05) is 0 Å². The van der Waals surface area contributed by atoms with Crippen molar-refractivity contribution in [3.05, 3.63) is 51.4 Å². The predicted molar refractivity (Wildman–Crippen MR) is 90.1 cm³/mol. The minimum atomic E-state index is -0.856. The number of thiazole rings is 1. The van der Waals surface area contributed by atoms with Gasteiger partial charge in [0.05, 0.1) is 5.60 Å². The highest BCUT2D eigenvalue weighted by Gasteiger charge is 2.22. The number of furan rings is 1. The molecule has 0 aliphatic heterocycles. The Bertz CT molecular complexity index is 729. The van der Waals surface area contributed by atoms with Crippen molar-refractivity contribution in [2.45, 2.75) is 26.0 Å². The second kappa shape index (κ2) is 6.34. The maximum atomic E-state index is 10.5. The first-order chi connectivity index (χ1) is 10.5. The third-order valence-electron chi connectivity index (χ3n) is 3.42. The number of hydrogen-bond donors (Lipinski definition) is 2. The number of aryl methyl sites for hydroxylation is 1. The van der Waals surface area contributed by atoms with Crippen molar-refractivity contribution in [1.29, 1.82) is 0 Å². The first kappa shape index (κ1) is 15.4. The van der Waals surface area contributed by atoms with E-state index in [-0.39, 0.29) is 0 Å². The molecule has 0 radical (unpaired) electrons. The molecule has 3 heterocycles. The van der Waals surface area contributed by atoms with Crippen LogP contribution in [0.25, 0.3) is 10.8 Å². The molecule has 0 bridgehead atoms. The maximum absolute atomic E-state index is 10.5. The molecule has 3 rings (SSSR count). The lowest BCUT2D eigenvalue weighted by molar-refractivity contribution is 0.0572. The van der Waals surface area contributed by atoms with Crippen LogP contribution in [-0.2, 0) is 12.1 Å². The van der Waals surface area contributed by atoms with Crippen LogP contribution < -0.4 is 5.32 Å². The van der Waals surface area contributed by atoms with E-state index in [9.17, 15) is 5.11 Å². The summed E-state index contributed by atoms with van der Waals surface area (Å²) in [6, 6.07) is 5.83. The van der Waals surface area contributed by atoms with Gasteiger partial charge in [-0.15, -0.1) is 11.3 Å². The molecular weight excluding hydrogens is 316 g/mol. The van der Waals surface area contributed by atoms with Crippen molar-refractivity contribution in [2.24, 2.45) is 0 Å². The molecule has 2 N–H and O–H groups in total. The Hall–Kier alpha value is -1.47. The monoisotopic (exact) mass is 334 g/mol. The zero-order valence-corrected chi connectivity index (χ0v) is 14.1. The van der Waals surface area contributed by atoms with Gasteiger partial charge in [-0.3, -0.25) is 0 Å². The van der Waals surface area contributed by atoms with E-state index < -0.39 is 5.60 Å². The third-order valence-corrected chi connectivity index (χ3v) is 5.11. The minimum absolute atomic E-state index is 0.497. The smallest absolute Gasteiger partial charge is 0.162 e. The zero-order chi connectivity index (χ0) is 15.6. The van der Waals surface area contributed by atoms with Crippen molar-refractivity contribution >= 4 is 22.7 Å². The van der Waals surface area contributed by atoms with Gasteiger partial charge in [0, 0.05) is 24.2 Å². The molecule has 4 nitrogen and oxygen atoms in total. The number of nitrogens with one attached hydrogen (secondary N) is 1. The number of thiophene rings is 1. The summed E-state index contributed by atoms with van der Waals surface area (Å²) in [6.07, 6.45) is 1.85. The Labute approximate surface area is 137 Å². The number of aliphatic hydroxyl groups is 1. The fraction of sp³-hybridized carbons (Fsp3) is 0.312. The lowest BCUT2D eigenvalue weighted by Gasteiger charge is -2.22. The SMILES string of the molecule is Cc1ccc(-c2ncc(CNCC(C)(O)c3ccsc3)s2)o1. The van der Waals surface area contributed by atoms with Crippen molar-refractivity contribution in [3.8, 4) is 10.8 Å². The molecule has 0 amide bonds. The normalized spacial score (nSPS) is 14.1. The highest BCUT2D eigenvalue weighted by molar-refractivity contribution is 7.14. The molecule has 0 fully saturated rings. The van der Waals surface area contributed by atoms with Gasteiger partial charge in [0.15, 0.2) is 10.8 Å². The van der Waals surface area contributed by atoms with Crippen LogP contribution in [0.1, 0.15) is 23.1 Å². The summed E-state index contributed by atoms with van der Waals surface area (Å²) >= 11 is 3.19. The number of rotatable bonds is 6. The number of nitrogens with zero attached hydrogens (tertiary/aromatic N) is 1. The molecule has 1 atom stereocenters. The van der Waals surface area contributed by atoms with E-state index in [1.807, 2.05) is 49.0 Å². The molecule has 0 aromatic carbocycles. The molecule has 0 saturated heterocycles. The van der Waals surface area contributed by atoms with E-state index in [0.717, 1.165) is 27.0 Å². The van der Waals surface area contributed by atoms with Gasteiger partial charge in [-0.2, -0.15) is 11.3 Å². The van der Waals surface area contributed by atoms with Gasteiger partial charge in [0.1, 0.15) is 5.76 Å². The van der Waals surface area contributed by atoms with Gasteiger partial charge in [0.2, 0.25) is 0 Å². The lowest BCUT2D eigenvalue weighted by atomic mass is 9.99. The molecule has 0 aliphatic carbocycles. The largest absolute Gasteiger partial charge is 0.459 e. The van der Waals surface area contributed by atoms with Gasteiger partial charge >= 0.3 is 0 Å². The fourth-order valence-corrected chi connectivity index (χ4v) is 3.78. The summed E-state index contributed by atoms with van der Waals surface area (Å²) in [5, 5.41) is 18.6. The van der Waals surface area contributed by atoms with Gasteiger partial charge in [0.25, 0.3) is 0 Å². The van der Waals surface area contributed by atoms with Crippen LogP contribution in [-0.4, -0.2) is 16.6 Å². The zero-order valence-electron chi connectivity index (χ0n) is 12.5. The van der Waals surface area contributed by atoms with Gasteiger partial charge in [-0.05, 0) is 48.4 Å². The molecule has 22 heavy (non-hydrogen) atoms. The second-order valence-electron chi connectivity index (χ2n) is 5.43. The predicted octanol–water partition coefficient (Wildman–Crippen LogP) is 3.77. The van der Waals surface area contributed by atoms with Crippen molar-refractivity contribution in [2.75, 3.05) is 6.54 Å². The quantitative estimate of drug-likeness (QED) is 0.720. The summed E-state index contributed by atoms with van der Waals surface area (Å²) in [7, 11) is 0. The van der Waals surface area contributed by atoms with E-state index >= 15 is 0 Å². The number of hydrogen-bond acceptors (Lipinski definition) is 6. The molecule has 1 unspecified atom stereocenters. The summed E-state index contributed by atoms with van der Waals surface area (Å²) < 4.78 is 5.58. The molecular formula is C16H18N2O2S2. The minimum Gasteiger partial charge on any atom is -0.459 e. The van der Waals surface area contributed by atoms with Crippen LogP contribution in [0.15, 0.2) is 39.6 Å². The molecule has 3 aromatic heterocycles. The Balaban J connectivity index is 1.57. The molecule has 6 heteroatoms. The van der Waals surface area contributed by atoms with Crippen LogP contribution in [0.3, 0.4) is 0 Å².